The molecule has 0 spiro atoms. The summed E-state index contributed by atoms with van der Waals surface area (Å²) in [4.78, 5) is 34.5. The Morgan fingerprint density at radius 1 is 1.31 bits per heavy atom. The van der Waals surface area contributed by atoms with E-state index in [4.69, 9.17) is 5.26 Å². The molecule has 1 fully saturated rings. The average molecular weight is 352 g/mol. The Kier molecular flexibility index (Phi) is 5.27. The summed E-state index contributed by atoms with van der Waals surface area (Å²) >= 11 is 0. The minimum absolute atomic E-state index is 0.113. The van der Waals surface area contributed by atoms with Crippen LogP contribution in [0.2, 0.25) is 0 Å². The third-order valence-electron chi connectivity index (χ3n) is 4.45. The molecule has 1 saturated heterocycles. The van der Waals surface area contributed by atoms with Crippen molar-refractivity contribution in [3.63, 3.8) is 0 Å². The molecule has 8 heteroatoms. The van der Waals surface area contributed by atoms with Gasteiger partial charge >= 0.3 is 0 Å². The lowest BCUT2D eigenvalue weighted by atomic mass is 9.99. The van der Waals surface area contributed by atoms with E-state index >= 15 is 0 Å². The topological polar surface area (TPSA) is 104 Å². The minimum Gasteiger partial charge on any atom is -0.355 e. The standard InChI is InChI=1S/C18H20N6O2/c1-13-4-6-23(7-5-13)16-11-24(18(26)10-21-16)12-17(25)22-15-3-2-14(8-19)20-9-15/h2-3,9-11,13H,4-7,12H2,1H3,(H,22,25). The molecule has 8 nitrogen and oxygen atoms in total. The number of hydrogen-bond donors (Lipinski definition) is 1. The van der Waals surface area contributed by atoms with Crippen LogP contribution in [0.15, 0.2) is 35.5 Å². The molecule has 1 aliphatic rings. The van der Waals surface area contributed by atoms with Gasteiger partial charge in [-0.05, 0) is 30.9 Å². The maximum Gasteiger partial charge on any atom is 0.269 e. The first-order valence-corrected chi connectivity index (χ1v) is 8.52. The van der Waals surface area contributed by atoms with Crippen molar-refractivity contribution in [2.45, 2.75) is 26.3 Å². The quantitative estimate of drug-likeness (QED) is 0.891. The Balaban J connectivity index is 1.68. The number of amides is 1. The number of nitrogens with zero attached hydrogens (tertiary/aromatic N) is 5. The molecule has 1 N–H and O–H groups in total. The molecule has 0 aliphatic carbocycles. The van der Waals surface area contributed by atoms with Crippen LogP contribution in [-0.2, 0) is 11.3 Å². The number of carbonyl (C=O) groups is 1. The van der Waals surface area contributed by atoms with Gasteiger partial charge in [-0.3, -0.25) is 9.59 Å². The second-order valence-electron chi connectivity index (χ2n) is 6.47. The summed E-state index contributed by atoms with van der Waals surface area (Å²) in [5, 5.41) is 11.4. The summed E-state index contributed by atoms with van der Waals surface area (Å²) in [6.07, 6.45) is 6.48. The highest BCUT2D eigenvalue weighted by Crippen LogP contribution is 2.20. The van der Waals surface area contributed by atoms with E-state index in [1.165, 1.54) is 23.0 Å². The van der Waals surface area contributed by atoms with Crippen LogP contribution < -0.4 is 15.8 Å². The maximum atomic E-state index is 12.2. The van der Waals surface area contributed by atoms with Crippen LogP contribution >= 0.6 is 0 Å². The number of nitriles is 1. The normalized spacial score (nSPS) is 14.7. The van der Waals surface area contributed by atoms with Gasteiger partial charge in [0, 0.05) is 13.1 Å². The fourth-order valence-corrected chi connectivity index (χ4v) is 2.85. The fraction of sp³-hybridized carbons (Fsp3) is 0.389. The van der Waals surface area contributed by atoms with Gasteiger partial charge in [0.1, 0.15) is 24.1 Å². The van der Waals surface area contributed by atoms with E-state index in [0.29, 0.717) is 17.4 Å². The van der Waals surface area contributed by atoms with Crippen molar-refractivity contribution < 1.29 is 4.79 Å². The number of anilines is 2. The lowest BCUT2D eigenvalue weighted by Gasteiger charge is -2.31. The average Bonchev–Trinajstić information content (AvgIpc) is 2.65. The lowest BCUT2D eigenvalue weighted by Crippen LogP contribution is -2.35. The van der Waals surface area contributed by atoms with Gasteiger partial charge in [-0.2, -0.15) is 5.26 Å². The second kappa shape index (κ2) is 7.78. The van der Waals surface area contributed by atoms with Crippen molar-refractivity contribution in [3.05, 3.63) is 46.8 Å². The smallest absolute Gasteiger partial charge is 0.269 e. The molecule has 134 valence electrons. The molecule has 0 saturated carbocycles. The third-order valence-corrected chi connectivity index (χ3v) is 4.45. The van der Waals surface area contributed by atoms with E-state index in [0.717, 1.165) is 25.9 Å². The number of piperidine rings is 1. The summed E-state index contributed by atoms with van der Waals surface area (Å²) in [6, 6.07) is 5.03. The van der Waals surface area contributed by atoms with Crippen molar-refractivity contribution in [3.8, 4) is 6.07 Å². The van der Waals surface area contributed by atoms with Gasteiger partial charge in [-0.25, -0.2) is 9.97 Å². The van der Waals surface area contributed by atoms with Gasteiger partial charge in [0.2, 0.25) is 5.91 Å². The molecule has 0 unspecified atom stereocenters. The van der Waals surface area contributed by atoms with Crippen LogP contribution in [0.3, 0.4) is 0 Å². The molecule has 2 aromatic heterocycles. The number of hydrogen-bond acceptors (Lipinski definition) is 6. The predicted octanol–water partition coefficient (Wildman–Crippen LogP) is 1.38. The Hall–Kier alpha value is -3.21. The predicted molar refractivity (Wildman–Crippen MR) is 96.7 cm³/mol. The molecule has 3 rings (SSSR count). The van der Waals surface area contributed by atoms with E-state index in [2.05, 4.69) is 27.1 Å². The first kappa shape index (κ1) is 17.6. The molecule has 1 aliphatic heterocycles. The van der Waals surface area contributed by atoms with Crippen LogP contribution in [0, 0.1) is 17.2 Å². The van der Waals surface area contributed by atoms with Gasteiger partial charge in [0.05, 0.1) is 24.3 Å². The fourth-order valence-electron chi connectivity index (χ4n) is 2.85. The number of rotatable bonds is 4. The van der Waals surface area contributed by atoms with Crippen LogP contribution in [0.1, 0.15) is 25.5 Å². The summed E-state index contributed by atoms with van der Waals surface area (Å²) in [5.74, 6) is 1.07. The Morgan fingerprint density at radius 2 is 2.08 bits per heavy atom. The highest BCUT2D eigenvalue weighted by molar-refractivity contribution is 5.90. The lowest BCUT2D eigenvalue weighted by molar-refractivity contribution is -0.116. The Labute approximate surface area is 151 Å². The molecule has 0 atom stereocenters. The molecule has 0 aromatic carbocycles. The van der Waals surface area contributed by atoms with Crippen molar-refractivity contribution in [1.29, 1.82) is 5.26 Å². The van der Waals surface area contributed by atoms with Crippen molar-refractivity contribution in [1.82, 2.24) is 14.5 Å². The van der Waals surface area contributed by atoms with E-state index in [9.17, 15) is 9.59 Å². The second-order valence-corrected chi connectivity index (χ2v) is 6.47. The first-order valence-electron chi connectivity index (χ1n) is 8.52. The monoisotopic (exact) mass is 352 g/mol. The van der Waals surface area contributed by atoms with Gasteiger partial charge in [-0.15, -0.1) is 0 Å². The number of aromatic nitrogens is 3. The summed E-state index contributed by atoms with van der Waals surface area (Å²) < 4.78 is 1.35. The van der Waals surface area contributed by atoms with Crippen molar-refractivity contribution in [2.24, 2.45) is 5.92 Å². The van der Waals surface area contributed by atoms with E-state index < -0.39 is 0 Å². The summed E-state index contributed by atoms with van der Waals surface area (Å²) in [7, 11) is 0. The molecule has 26 heavy (non-hydrogen) atoms. The summed E-state index contributed by atoms with van der Waals surface area (Å²) in [6.45, 7) is 3.91. The zero-order valence-corrected chi connectivity index (χ0v) is 14.6. The van der Waals surface area contributed by atoms with E-state index in [1.807, 2.05) is 6.07 Å². The summed E-state index contributed by atoms with van der Waals surface area (Å²) in [5.41, 5.74) is 0.419. The van der Waals surface area contributed by atoms with Gasteiger partial charge in [-0.1, -0.05) is 6.92 Å². The van der Waals surface area contributed by atoms with E-state index in [1.54, 1.807) is 12.3 Å². The number of pyridine rings is 1. The van der Waals surface area contributed by atoms with Crippen molar-refractivity contribution >= 4 is 17.4 Å². The van der Waals surface area contributed by atoms with Crippen LogP contribution in [0.5, 0.6) is 0 Å². The Morgan fingerprint density at radius 3 is 2.73 bits per heavy atom. The van der Waals surface area contributed by atoms with Crippen LogP contribution in [-0.4, -0.2) is 33.5 Å². The molecule has 3 heterocycles. The zero-order valence-electron chi connectivity index (χ0n) is 14.6. The Bertz CT molecular complexity index is 876. The molecule has 0 bridgehead atoms. The molecular formula is C18H20N6O2. The molecule has 1 amide bonds. The van der Waals surface area contributed by atoms with Gasteiger partial charge in [0.15, 0.2) is 0 Å². The largest absolute Gasteiger partial charge is 0.355 e. The molecular weight excluding hydrogens is 332 g/mol. The number of nitrogens with one attached hydrogen (secondary N) is 1. The third kappa shape index (κ3) is 4.25. The van der Waals surface area contributed by atoms with Crippen LogP contribution in [0.4, 0.5) is 11.5 Å². The van der Waals surface area contributed by atoms with Gasteiger partial charge in [0.25, 0.3) is 5.56 Å². The molecule has 0 radical (unpaired) electrons. The minimum atomic E-state index is -0.344. The van der Waals surface area contributed by atoms with Crippen molar-refractivity contribution in [2.75, 3.05) is 23.3 Å². The highest BCUT2D eigenvalue weighted by atomic mass is 16.2. The maximum absolute atomic E-state index is 12.2. The number of carbonyl (C=O) groups excluding carboxylic acids is 1. The SMILES string of the molecule is CC1CCN(c2cn(CC(=O)Nc3ccc(C#N)nc3)c(=O)cn2)CC1. The van der Waals surface area contributed by atoms with E-state index in [-0.39, 0.29) is 23.7 Å². The van der Waals surface area contributed by atoms with Crippen LogP contribution in [0.25, 0.3) is 0 Å². The zero-order chi connectivity index (χ0) is 18.5. The highest BCUT2D eigenvalue weighted by Gasteiger charge is 2.18. The molecule has 2 aromatic rings. The van der Waals surface area contributed by atoms with Gasteiger partial charge < -0.3 is 14.8 Å². The first-order chi connectivity index (χ1) is 12.5.